The van der Waals surface area contributed by atoms with Crippen molar-refractivity contribution >= 4 is 0 Å². The Morgan fingerprint density at radius 1 is 1.12 bits per heavy atom. The van der Waals surface area contributed by atoms with Gasteiger partial charge in [0, 0.05) is 11.6 Å². The molecule has 0 aromatic carbocycles. The van der Waals surface area contributed by atoms with E-state index in [-0.39, 0.29) is 5.54 Å². The number of hydrogen-bond acceptors (Lipinski definition) is 2. The summed E-state index contributed by atoms with van der Waals surface area (Å²) in [7, 11) is 0. The Morgan fingerprint density at radius 2 is 1.71 bits per heavy atom. The highest BCUT2D eigenvalue weighted by atomic mass is 15.2. The topological polar surface area (TPSA) is 29.3 Å². The Bertz CT molecular complexity index is 209. The molecule has 0 aliphatic carbocycles. The molecule has 0 aromatic rings. The first-order valence-corrected chi connectivity index (χ1v) is 7.51. The molecule has 0 radical (unpaired) electrons. The molecule has 1 fully saturated rings. The van der Waals surface area contributed by atoms with Gasteiger partial charge in [0.2, 0.25) is 0 Å². The van der Waals surface area contributed by atoms with Gasteiger partial charge in [0.25, 0.3) is 0 Å². The number of rotatable bonds is 6. The van der Waals surface area contributed by atoms with Crippen molar-refractivity contribution in [2.75, 3.05) is 13.1 Å². The molecule has 1 heterocycles. The lowest BCUT2D eigenvalue weighted by molar-refractivity contribution is 0.0507. The van der Waals surface area contributed by atoms with Crippen molar-refractivity contribution in [2.24, 2.45) is 11.7 Å². The molecule has 2 heteroatoms. The Balaban J connectivity index is 2.58. The van der Waals surface area contributed by atoms with E-state index < -0.39 is 0 Å². The molecule has 1 saturated heterocycles. The number of hydrogen-bond donors (Lipinski definition) is 1. The van der Waals surface area contributed by atoms with E-state index in [0.717, 1.165) is 5.92 Å². The minimum absolute atomic E-state index is 0.218. The molecule has 2 atom stereocenters. The number of nitrogens with zero attached hydrogens (tertiary/aromatic N) is 1. The van der Waals surface area contributed by atoms with Crippen molar-refractivity contribution in [3.05, 3.63) is 0 Å². The van der Waals surface area contributed by atoms with Gasteiger partial charge in [-0.3, -0.25) is 4.90 Å². The maximum absolute atomic E-state index is 6.50. The minimum atomic E-state index is 0.218. The summed E-state index contributed by atoms with van der Waals surface area (Å²) in [4.78, 5) is 2.65. The zero-order chi connectivity index (χ0) is 12.9. The average Bonchev–Trinajstić information content (AvgIpc) is 2.35. The average molecular weight is 240 g/mol. The van der Waals surface area contributed by atoms with Crippen molar-refractivity contribution < 1.29 is 0 Å². The normalized spacial score (nSPS) is 23.6. The molecule has 17 heavy (non-hydrogen) atoms. The molecule has 0 saturated carbocycles. The fraction of sp³-hybridized carbons (Fsp3) is 1.00. The van der Waals surface area contributed by atoms with Gasteiger partial charge < -0.3 is 5.73 Å². The molecule has 2 nitrogen and oxygen atoms in total. The van der Waals surface area contributed by atoms with E-state index >= 15 is 0 Å². The highest BCUT2D eigenvalue weighted by Crippen LogP contribution is 2.29. The monoisotopic (exact) mass is 240 g/mol. The molecular weight excluding hydrogens is 208 g/mol. The van der Waals surface area contributed by atoms with E-state index in [1.165, 1.54) is 51.6 Å². The summed E-state index contributed by atoms with van der Waals surface area (Å²) in [6, 6.07) is 0.327. The van der Waals surface area contributed by atoms with Gasteiger partial charge in [-0.05, 0) is 58.0 Å². The van der Waals surface area contributed by atoms with Gasteiger partial charge in [-0.25, -0.2) is 0 Å². The summed E-state index contributed by atoms with van der Waals surface area (Å²) in [5.74, 6) is 0.767. The molecule has 0 spiro atoms. The molecule has 1 aliphatic heterocycles. The number of piperidine rings is 1. The molecule has 0 amide bonds. The van der Waals surface area contributed by atoms with Crippen molar-refractivity contribution in [1.82, 2.24) is 4.90 Å². The van der Waals surface area contributed by atoms with Crippen LogP contribution in [-0.2, 0) is 0 Å². The van der Waals surface area contributed by atoms with Crippen LogP contribution >= 0.6 is 0 Å². The Labute approximate surface area is 108 Å². The lowest BCUT2D eigenvalue weighted by Crippen LogP contribution is -2.59. The highest BCUT2D eigenvalue weighted by molar-refractivity contribution is 4.95. The third-order valence-corrected chi connectivity index (χ3v) is 4.65. The standard InChI is InChI=1S/C15H32N2/c1-5-15(4,14(16)10-9-13(2)3)17-11-7-6-8-12-17/h13-14H,5-12,16H2,1-4H3. The molecule has 2 unspecified atom stereocenters. The van der Waals surface area contributed by atoms with Crippen LogP contribution in [-0.4, -0.2) is 29.6 Å². The first kappa shape index (κ1) is 15.0. The lowest BCUT2D eigenvalue weighted by Gasteiger charge is -2.47. The van der Waals surface area contributed by atoms with Crippen LogP contribution in [0.3, 0.4) is 0 Å². The Hall–Kier alpha value is -0.0800. The predicted molar refractivity (Wildman–Crippen MR) is 76.2 cm³/mol. The highest BCUT2D eigenvalue weighted by Gasteiger charge is 2.36. The summed E-state index contributed by atoms with van der Waals surface area (Å²) < 4.78 is 0. The number of likely N-dealkylation sites (tertiary alicyclic amines) is 1. The van der Waals surface area contributed by atoms with Gasteiger partial charge in [0.05, 0.1) is 0 Å². The van der Waals surface area contributed by atoms with Crippen LogP contribution in [0.5, 0.6) is 0 Å². The van der Waals surface area contributed by atoms with Gasteiger partial charge in [-0.1, -0.05) is 27.2 Å². The second kappa shape index (κ2) is 6.75. The van der Waals surface area contributed by atoms with Gasteiger partial charge in [0.1, 0.15) is 0 Å². The largest absolute Gasteiger partial charge is 0.326 e. The van der Waals surface area contributed by atoms with E-state index in [0.29, 0.717) is 6.04 Å². The van der Waals surface area contributed by atoms with Crippen molar-refractivity contribution in [3.8, 4) is 0 Å². The SMILES string of the molecule is CCC(C)(C(N)CCC(C)C)N1CCCCC1. The molecule has 0 bridgehead atoms. The van der Waals surface area contributed by atoms with Crippen LogP contribution in [0.1, 0.15) is 66.2 Å². The van der Waals surface area contributed by atoms with E-state index in [9.17, 15) is 0 Å². The maximum atomic E-state index is 6.50. The van der Waals surface area contributed by atoms with Crippen molar-refractivity contribution in [2.45, 2.75) is 77.8 Å². The first-order valence-electron chi connectivity index (χ1n) is 7.51. The van der Waals surface area contributed by atoms with Crippen LogP contribution < -0.4 is 5.73 Å². The predicted octanol–water partition coefficient (Wildman–Crippen LogP) is 3.40. The second-order valence-corrected chi connectivity index (χ2v) is 6.34. The second-order valence-electron chi connectivity index (χ2n) is 6.34. The smallest absolute Gasteiger partial charge is 0.0329 e. The van der Waals surface area contributed by atoms with Crippen LogP contribution in [0.4, 0.5) is 0 Å². The van der Waals surface area contributed by atoms with E-state index in [4.69, 9.17) is 5.73 Å². The molecule has 2 N–H and O–H groups in total. The van der Waals surface area contributed by atoms with Gasteiger partial charge in [0.15, 0.2) is 0 Å². The van der Waals surface area contributed by atoms with Crippen molar-refractivity contribution in [1.29, 1.82) is 0 Å². The summed E-state index contributed by atoms with van der Waals surface area (Å²) in [5, 5.41) is 0. The summed E-state index contributed by atoms with van der Waals surface area (Å²) in [6.07, 6.45) is 7.70. The van der Waals surface area contributed by atoms with Crippen LogP contribution in [0, 0.1) is 5.92 Å². The molecule has 0 aromatic heterocycles. The minimum Gasteiger partial charge on any atom is -0.326 e. The summed E-state index contributed by atoms with van der Waals surface area (Å²) in [6.45, 7) is 11.8. The van der Waals surface area contributed by atoms with Crippen LogP contribution in [0.15, 0.2) is 0 Å². The fourth-order valence-corrected chi connectivity index (χ4v) is 2.95. The molecular formula is C15H32N2. The lowest BCUT2D eigenvalue weighted by atomic mass is 9.83. The molecule has 102 valence electrons. The summed E-state index contributed by atoms with van der Waals surface area (Å²) >= 11 is 0. The quantitative estimate of drug-likeness (QED) is 0.771. The fourth-order valence-electron chi connectivity index (χ4n) is 2.95. The van der Waals surface area contributed by atoms with Crippen molar-refractivity contribution in [3.63, 3.8) is 0 Å². The van der Waals surface area contributed by atoms with Gasteiger partial charge in [-0.15, -0.1) is 0 Å². The van der Waals surface area contributed by atoms with E-state index in [1.807, 2.05) is 0 Å². The van der Waals surface area contributed by atoms with Gasteiger partial charge >= 0.3 is 0 Å². The van der Waals surface area contributed by atoms with Gasteiger partial charge in [-0.2, -0.15) is 0 Å². The van der Waals surface area contributed by atoms with Crippen LogP contribution in [0.25, 0.3) is 0 Å². The maximum Gasteiger partial charge on any atom is 0.0329 e. The third-order valence-electron chi connectivity index (χ3n) is 4.65. The van der Waals surface area contributed by atoms with E-state index in [1.54, 1.807) is 0 Å². The first-order chi connectivity index (χ1) is 8.00. The van der Waals surface area contributed by atoms with Crippen LogP contribution in [0.2, 0.25) is 0 Å². The molecule has 1 rings (SSSR count). The zero-order valence-corrected chi connectivity index (χ0v) is 12.3. The third kappa shape index (κ3) is 3.96. The number of nitrogens with two attached hydrogens (primary N) is 1. The Kier molecular flexibility index (Phi) is 5.94. The summed E-state index contributed by atoms with van der Waals surface area (Å²) in [5.41, 5.74) is 6.72. The molecule has 1 aliphatic rings. The zero-order valence-electron chi connectivity index (χ0n) is 12.3. The van der Waals surface area contributed by atoms with E-state index in [2.05, 4.69) is 32.6 Å². The Morgan fingerprint density at radius 3 is 2.18 bits per heavy atom.